The highest BCUT2D eigenvalue weighted by Gasteiger charge is 2.27. The van der Waals surface area contributed by atoms with E-state index in [4.69, 9.17) is 14.2 Å². The number of nitrogens with one attached hydrogen (secondary N) is 1. The third kappa shape index (κ3) is 8.38. The molecule has 5 rings (SSSR count). The summed E-state index contributed by atoms with van der Waals surface area (Å²) in [5.41, 5.74) is 1.11. The maximum absolute atomic E-state index is 13.2. The van der Waals surface area contributed by atoms with Crippen molar-refractivity contribution in [2.45, 2.75) is 65.0 Å². The lowest BCUT2D eigenvalue weighted by molar-refractivity contribution is 0.0179. The van der Waals surface area contributed by atoms with Gasteiger partial charge in [-0.05, 0) is 58.4 Å². The zero-order chi connectivity index (χ0) is 30.4. The molecule has 5 heterocycles. The van der Waals surface area contributed by atoms with Crippen molar-refractivity contribution in [3.63, 3.8) is 0 Å². The molecule has 43 heavy (non-hydrogen) atoms. The third-order valence-corrected chi connectivity index (χ3v) is 8.09. The first-order chi connectivity index (χ1) is 20.6. The summed E-state index contributed by atoms with van der Waals surface area (Å²) >= 11 is 1.34. The van der Waals surface area contributed by atoms with Gasteiger partial charge in [-0.15, -0.1) is 11.3 Å². The summed E-state index contributed by atoms with van der Waals surface area (Å²) in [5.74, 6) is 0.273. The molecule has 0 atom stereocenters. The second kappa shape index (κ2) is 13.6. The first-order valence-corrected chi connectivity index (χ1v) is 15.5. The zero-order valence-electron chi connectivity index (χ0n) is 24.8. The Morgan fingerprint density at radius 1 is 1.19 bits per heavy atom. The van der Waals surface area contributed by atoms with E-state index in [1.165, 1.54) is 11.3 Å². The standard InChI is InChI=1S/C30H38N6O6S/c1-30(2,3)42-29(39)35-11-7-20(8-12-35)9-13-36-18-22-26(34-36)24(37)5-4-14-40-15-16-41-25-17-21(6-10-31-25)28-33-23(19-43-28)27(38)32-22/h6,10,17-20H,4-5,7-9,11-16H2,1-3H3,(H,32,38). The number of thiazole rings is 1. The molecule has 1 N–H and O–H groups in total. The number of nitrogens with zero attached hydrogens (tertiary/aromatic N) is 5. The van der Waals surface area contributed by atoms with Gasteiger partial charge in [-0.3, -0.25) is 14.3 Å². The number of rotatable bonds is 3. The molecule has 13 heteroatoms. The monoisotopic (exact) mass is 610 g/mol. The molecule has 1 saturated heterocycles. The molecule has 2 aliphatic rings. The number of fused-ring (bicyclic) bond motifs is 6. The summed E-state index contributed by atoms with van der Waals surface area (Å²) in [4.78, 5) is 49.3. The summed E-state index contributed by atoms with van der Waals surface area (Å²) in [6.45, 7) is 8.57. The number of ether oxygens (including phenoxy) is 3. The van der Waals surface area contributed by atoms with E-state index in [1.54, 1.807) is 33.4 Å². The largest absolute Gasteiger partial charge is 0.475 e. The van der Waals surface area contributed by atoms with Crippen LogP contribution in [0.3, 0.4) is 0 Å². The number of Topliss-reactive ketones (excluding diaryl/α,β-unsaturated/α-hetero) is 1. The third-order valence-electron chi connectivity index (χ3n) is 7.20. The van der Waals surface area contributed by atoms with Gasteiger partial charge in [0, 0.05) is 62.1 Å². The number of hydrogen-bond donors (Lipinski definition) is 1. The van der Waals surface area contributed by atoms with E-state index in [0.29, 0.717) is 68.4 Å². The van der Waals surface area contributed by atoms with Crippen LogP contribution in [0.15, 0.2) is 29.9 Å². The first-order valence-electron chi connectivity index (χ1n) is 14.7. The molecule has 230 valence electrons. The van der Waals surface area contributed by atoms with Crippen LogP contribution in [0.2, 0.25) is 0 Å². The minimum atomic E-state index is -0.517. The van der Waals surface area contributed by atoms with Crippen LogP contribution in [-0.4, -0.2) is 80.9 Å². The molecule has 2 aliphatic heterocycles. The topological polar surface area (TPSA) is 138 Å². The molecule has 12 nitrogen and oxygen atoms in total. The van der Waals surface area contributed by atoms with Crippen molar-refractivity contribution in [2.75, 3.05) is 38.2 Å². The Morgan fingerprint density at radius 2 is 2.00 bits per heavy atom. The Hall–Kier alpha value is -3.84. The van der Waals surface area contributed by atoms with Crippen molar-refractivity contribution < 1.29 is 28.6 Å². The summed E-state index contributed by atoms with van der Waals surface area (Å²) in [6.07, 6.45) is 6.40. The maximum Gasteiger partial charge on any atom is 0.410 e. The smallest absolute Gasteiger partial charge is 0.410 e. The van der Waals surface area contributed by atoms with Gasteiger partial charge in [-0.25, -0.2) is 14.8 Å². The Bertz CT molecular complexity index is 1440. The fourth-order valence-electron chi connectivity index (χ4n) is 4.96. The van der Waals surface area contributed by atoms with Gasteiger partial charge < -0.3 is 24.4 Å². The van der Waals surface area contributed by atoms with E-state index < -0.39 is 11.5 Å². The molecule has 2 amide bonds. The minimum Gasteiger partial charge on any atom is -0.475 e. The minimum absolute atomic E-state index is 0.168. The molecule has 4 bridgehead atoms. The van der Waals surface area contributed by atoms with E-state index in [2.05, 4.69) is 20.4 Å². The van der Waals surface area contributed by atoms with Gasteiger partial charge >= 0.3 is 6.09 Å². The predicted molar refractivity (Wildman–Crippen MR) is 161 cm³/mol. The summed E-state index contributed by atoms with van der Waals surface area (Å²) < 4.78 is 18.6. The highest BCUT2D eigenvalue weighted by atomic mass is 32.1. The van der Waals surface area contributed by atoms with Crippen LogP contribution in [0.1, 0.15) is 73.9 Å². The maximum atomic E-state index is 13.2. The highest BCUT2D eigenvalue weighted by molar-refractivity contribution is 7.13. The van der Waals surface area contributed by atoms with Crippen LogP contribution < -0.4 is 10.1 Å². The molecule has 3 aromatic heterocycles. The van der Waals surface area contributed by atoms with Crippen molar-refractivity contribution in [3.8, 4) is 16.5 Å². The van der Waals surface area contributed by atoms with Crippen LogP contribution in [-0.2, 0) is 16.0 Å². The van der Waals surface area contributed by atoms with E-state index in [0.717, 1.165) is 24.8 Å². The number of likely N-dealkylation sites (tertiary alicyclic amines) is 1. The average molecular weight is 611 g/mol. The lowest BCUT2D eigenvalue weighted by atomic mass is 9.94. The van der Waals surface area contributed by atoms with Crippen LogP contribution in [0.25, 0.3) is 10.6 Å². The highest BCUT2D eigenvalue weighted by Crippen LogP contribution is 2.28. The van der Waals surface area contributed by atoms with Gasteiger partial charge in [0.25, 0.3) is 5.91 Å². The van der Waals surface area contributed by atoms with Gasteiger partial charge in [0.15, 0.2) is 11.5 Å². The van der Waals surface area contributed by atoms with Crippen molar-refractivity contribution in [1.29, 1.82) is 0 Å². The molecule has 1 fully saturated rings. The zero-order valence-corrected chi connectivity index (χ0v) is 25.7. The molecule has 3 aromatic rings. The number of carbonyl (C=O) groups excluding carboxylic acids is 3. The number of amides is 2. The Labute approximate surface area is 254 Å². The summed E-state index contributed by atoms with van der Waals surface area (Å²) in [7, 11) is 0. The van der Waals surface area contributed by atoms with E-state index >= 15 is 0 Å². The molecule has 0 unspecified atom stereocenters. The molecular weight excluding hydrogens is 572 g/mol. The van der Waals surface area contributed by atoms with Gasteiger partial charge in [-0.2, -0.15) is 5.10 Å². The fourth-order valence-corrected chi connectivity index (χ4v) is 5.75. The molecule has 0 saturated carbocycles. The van der Waals surface area contributed by atoms with Crippen molar-refractivity contribution in [2.24, 2.45) is 5.92 Å². The van der Waals surface area contributed by atoms with Crippen molar-refractivity contribution in [1.82, 2.24) is 24.6 Å². The summed E-state index contributed by atoms with van der Waals surface area (Å²) in [5, 5.41) is 9.79. The number of carbonyl (C=O) groups is 3. The normalized spacial score (nSPS) is 17.3. The number of aryl methyl sites for hydroxylation is 1. The van der Waals surface area contributed by atoms with E-state index in [1.807, 2.05) is 26.8 Å². The van der Waals surface area contributed by atoms with Crippen LogP contribution in [0, 0.1) is 5.92 Å². The van der Waals surface area contributed by atoms with Gasteiger partial charge in [-0.1, -0.05) is 0 Å². The number of pyridine rings is 1. The van der Waals surface area contributed by atoms with Gasteiger partial charge in [0.05, 0.1) is 12.3 Å². The summed E-state index contributed by atoms with van der Waals surface area (Å²) in [6, 6.07) is 3.59. The van der Waals surface area contributed by atoms with Crippen LogP contribution >= 0.6 is 11.3 Å². The average Bonchev–Trinajstić information content (AvgIpc) is 3.63. The number of aromatic nitrogens is 4. The number of hydrogen-bond acceptors (Lipinski definition) is 10. The number of anilines is 1. The molecule has 0 aromatic carbocycles. The van der Waals surface area contributed by atoms with Crippen molar-refractivity contribution in [3.05, 3.63) is 41.3 Å². The van der Waals surface area contributed by atoms with E-state index in [-0.39, 0.29) is 29.7 Å². The fraction of sp³-hybridized carbons (Fsp3) is 0.533. The second-order valence-corrected chi connectivity index (χ2v) is 12.6. The number of ketones is 1. The lowest BCUT2D eigenvalue weighted by Crippen LogP contribution is -2.41. The molecule has 0 spiro atoms. The first kappa shape index (κ1) is 30.6. The van der Waals surface area contributed by atoms with Gasteiger partial charge in [0.2, 0.25) is 5.88 Å². The Balaban J connectivity index is 1.26. The van der Waals surface area contributed by atoms with E-state index in [9.17, 15) is 14.4 Å². The van der Waals surface area contributed by atoms with Crippen LogP contribution in [0.4, 0.5) is 10.5 Å². The Kier molecular flexibility index (Phi) is 9.71. The number of piperidine rings is 1. The molecular formula is C30H38N6O6S. The van der Waals surface area contributed by atoms with Crippen LogP contribution in [0.5, 0.6) is 5.88 Å². The Morgan fingerprint density at radius 3 is 2.79 bits per heavy atom. The lowest BCUT2D eigenvalue weighted by Gasteiger charge is -2.33. The quantitative estimate of drug-likeness (QED) is 0.431. The van der Waals surface area contributed by atoms with Gasteiger partial charge in [0.1, 0.15) is 22.9 Å². The SMILES string of the molecule is CC(C)(C)OC(=O)N1CCC(CCn2cc3c(n2)C(=O)CCCOCCOc2cc(ccn2)-c2nc(cs2)C(=O)N3)CC1. The van der Waals surface area contributed by atoms with Crippen molar-refractivity contribution >= 4 is 34.8 Å². The second-order valence-electron chi connectivity index (χ2n) is 11.7. The predicted octanol–water partition coefficient (Wildman–Crippen LogP) is 5.06. The molecule has 0 aliphatic carbocycles. The molecule has 0 radical (unpaired) electrons.